The summed E-state index contributed by atoms with van der Waals surface area (Å²) in [6, 6.07) is -0.821. The predicted octanol–water partition coefficient (Wildman–Crippen LogP) is -1.62. The van der Waals surface area contributed by atoms with Crippen molar-refractivity contribution >= 4 is 17.9 Å². The van der Waals surface area contributed by atoms with Crippen LogP contribution in [0.25, 0.3) is 0 Å². The molecular weight excluding hydrogens is 180 g/mol. The Morgan fingerprint density at radius 3 is 2.46 bits per heavy atom. The first-order valence-corrected chi connectivity index (χ1v) is 3.52. The summed E-state index contributed by atoms with van der Waals surface area (Å²) in [6.45, 7) is 0. The van der Waals surface area contributed by atoms with Crippen molar-refractivity contribution in [2.75, 3.05) is 0 Å². The molecule has 1 rings (SSSR count). The number of imide groups is 1. The lowest BCUT2D eigenvalue weighted by Crippen LogP contribution is -2.46. The zero-order valence-electron chi connectivity index (χ0n) is 6.53. The van der Waals surface area contributed by atoms with E-state index < -0.39 is 30.1 Å². The number of amides is 3. The Balaban J connectivity index is 2.60. The van der Waals surface area contributed by atoms with Crippen LogP contribution in [0.5, 0.6) is 0 Å². The molecule has 0 aromatic rings. The largest absolute Gasteiger partial charge is 0.481 e. The summed E-state index contributed by atoms with van der Waals surface area (Å²) in [4.78, 5) is 31.6. The van der Waals surface area contributed by atoms with Crippen LogP contribution in [0, 0.1) is 0 Å². The van der Waals surface area contributed by atoms with Gasteiger partial charge in [0, 0.05) is 6.42 Å². The third-order valence-electron chi connectivity index (χ3n) is 1.62. The maximum atomic E-state index is 10.9. The average Bonchev–Trinajstić information content (AvgIpc) is 2.23. The Morgan fingerprint density at radius 2 is 2.08 bits per heavy atom. The van der Waals surface area contributed by atoms with Gasteiger partial charge in [-0.3, -0.25) is 14.9 Å². The van der Waals surface area contributed by atoms with E-state index in [0.29, 0.717) is 0 Å². The first-order chi connectivity index (χ1) is 5.94. The van der Waals surface area contributed by atoms with E-state index >= 15 is 0 Å². The topological polar surface area (TPSA) is 116 Å². The molecule has 1 atom stereocenters. The lowest BCUT2D eigenvalue weighted by molar-refractivity contribution is -0.142. The van der Waals surface area contributed by atoms with E-state index in [-0.39, 0.29) is 6.42 Å². The van der Waals surface area contributed by atoms with E-state index in [4.69, 9.17) is 5.11 Å². The van der Waals surface area contributed by atoms with Crippen LogP contribution < -0.4 is 10.6 Å². The zero-order chi connectivity index (χ0) is 10.1. The summed E-state index contributed by atoms with van der Waals surface area (Å²) < 4.78 is 0. The normalized spacial score (nSPS) is 26.8. The Morgan fingerprint density at radius 1 is 1.46 bits per heavy atom. The van der Waals surface area contributed by atoms with Gasteiger partial charge in [-0.1, -0.05) is 0 Å². The van der Waals surface area contributed by atoms with Crippen molar-refractivity contribution in [3.05, 3.63) is 0 Å². The fourth-order valence-corrected chi connectivity index (χ4v) is 0.946. The number of nitrogens with one attached hydrogen (secondary N) is 2. The highest BCUT2D eigenvalue weighted by Crippen LogP contribution is 2.13. The van der Waals surface area contributed by atoms with Gasteiger partial charge in [-0.2, -0.15) is 0 Å². The highest BCUT2D eigenvalue weighted by atomic mass is 16.4. The van der Waals surface area contributed by atoms with Crippen molar-refractivity contribution in [1.29, 1.82) is 0 Å². The number of aliphatic carboxylic acids is 1. The van der Waals surface area contributed by atoms with Crippen LogP contribution in [0.4, 0.5) is 4.79 Å². The summed E-state index contributed by atoms with van der Waals surface area (Å²) in [5.74, 6) is -2.07. The molecule has 1 fully saturated rings. The molecule has 0 aromatic carbocycles. The zero-order valence-corrected chi connectivity index (χ0v) is 6.53. The van der Waals surface area contributed by atoms with Crippen molar-refractivity contribution in [2.24, 2.45) is 0 Å². The van der Waals surface area contributed by atoms with Gasteiger partial charge in [-0.05, 0) is 0 Å². The maximum absolute atomic E-state index is 10.9. The molecule has 0 saturated carbocycles. The van der Waals surface area contributed by atoms with Crippen LogP contribution in [-0.4, -0.2) is 33.8 Å². The number of aliphatic hydroxyl groups is 1. The average molecular weight is 188 g/mol. The van der Waals surface area contributed by atoms with Crippen LogP contribution in [0.1, 0.15) is 12.8 Å². The van der Waals surface area contributed by atoms with Crippen molar-refractivity contribution in [1.82, 2.24) is 10.6 Å². The second-order valence-corrected chi connectivity index (χ2v) is 2.66. The minimum atomic E-state index is -2.07. The Hall–Kier alpha value is -1.63. The number of carboxylic acids is 1. The Kier molecular flexibility index (Phi) is 2.20. The van der Waals surface area contributed by atoms with Gasteiger partial charge in [0.1, 0.15) is 0 Å². The number of hydrogen-bond acceptors (Lipinski definition) is 4. The van der Waals surface area contributed by atoms with E-state index in [1.165, 1.54) is 0 Å². The molecule has 1 aliphatic rings. The predicted molar refractivity (Wildman–Crippen MR) is 38.5 cm³/mol. The van der Waals surface area contributed by atoms with Gasteiger partial charge in [0.25, 0.3) is 5.91 Å². The minimum absolute atomic E-state index is 0.347. The van der Waals surface area contributed by atoms with Gasteiger partial charge < -0.3 is 15.5 Å². The molecule has 4 N–H and O–H groups in total. The molecule has 0 aliphatic carbocycles. The van der Waals surface area contributed by atoms with E-state index in [0.717, 1.165) is 0 Å². The number of rotatable bonds is 3. The van der Waals surface area contributed by atoms with Crippen molar-refractivity contribution in [3.63, 3.8) is 0 Å². The van der Waals surface area contributed by atoms with Gasteiger partial charge in [0.15, 0.2) is 0 Å². The third-order valence-corrected chi connectivity index (χ3v) is 1.62. The lowest BCUT2D eigenvalue weighted by Gasteiger charge is -2.16. The van der Waals surface area contributed by atoms with E-state index in [1.54, 1.807) is 5.32 Å². The molecule has 72 valence electrons. The number of carbonyl (C=O) groups excluding carboxylic acids is 2. The molecule has 3 amide bonds. The SMILES string of the molecule is O=C(O)CC[C@@]1(O)NC(=O)NC1=O. The second-order valence-electron chi connectivity index (χ2n) is 2.66. The maximum Gasteiger partial charge on any atom is 0.324 e. The van der Waals surface area contributed by atoms with Crippen LogP contribution in [0.3, 0.4) is 0 Å². The van der Waals surface area contributed by atoms with Gasteiger partial charge in [0.05, 0.1) is 6.42 Å². The summed E-state index contributed by atoms with van der Waals surface area (Å²) in [5.41, 5.74) is -2.07. The standard InChI is InChI=1S/C6H8N2O5/c9-3(10)1-2-6(13)4(11)7-5(12)8-6/h13H,1-2H2,(H,9,10)(H2,7,8,11,12)/t6-/m0/s1. The lowest BCUT2D eigenvalue weighted by atomic mass is 10.1. The van der Waals surface area contributed by atoms with E-state index in [2.05, 4.69) is 0 Å². The summed E-state index contributed by atoms with van der Waals surface area (Å²) >= 11 is 0. The molecule has 0 aromatic heterocycles. The van der Waals surface area contributed by atoms with Crippen LogP contribution in [0.2, 0.25) is 0 Å². The highest BCUT2D eigenvalue weighted by molar-refractivity contribution is 6.05. The van der Waals surface area contributed by atoms with Crippen molar-refractivity contribution < 1.29 is 24.6 Å². The number of carbonyl (C=O) groups is 3. The molecular formula is C6H8N2O5. The monoisotopic (exact) mass is 188 g/mol. The second kappa shape index (κ2) is 3.02. The fraction of sp³-hybridized carbons (Fsp3) is 0.500. The molecule has 13 heavy (non-hydrogen) atoms. The van der Waals surface area contributed by atoms with Crippen molar-refractivity contribution in [2.45, 2.75) is 18.6 Å². The van der Waals surface area contributed by atoms with Crippen LogP contribution >= 0.6 is 0 Å². The van der Waals surface area contributed by atoms with Gasteiger partial charge >= 0.3 is 12.0 Å². The minimum Gasteiger partial charge on any atom is -0.481 e. The van der Waals surface area contributed by atoms with Crippen LogP contribution in [-0.2, 0) is 9.59 Å². The summed E-state index contributed by atoms with van der Waals surface area (Å²) in [7, 11) is 0. The fourth-order valence-electron chi connectivity index (χ4n) is 0.946. The Labute approximate surface area is 72.7 Å². The molecule has 1 aliphatic heterocycles. The number of carboxylic acid groups (broad SMARTS) is 1. The molecule has 7 heteroatoms. The van der Waals surface area contributed by atoms with Crippen molar-refractivity contribution in [3.8, 4) is 0 Å². The summed E-state index contributed by atoms with van der Waals surface area (Å²) in [6.07, 6.45) is -0.746. The van der Waals surface area contributed by atoms with Gasteiger partial charge in [-0.25, -0.2) is 4.79 Å². The van der Waals surface area contributed by atoms with Gasteiger partial charge in [-0.15, -0.1) is 0 Å². The first kappa shape index (κ1) is 9.46. The molecule has 1 heterocycles. The number of urea groups is 1. The quantitative estimate of drug-likeness (QED) is 0.397. The molecule has 7 nitrogen and oxygen atoms in total. The molecule has 0 unspecified atom stereocenters. The van der Waals surface area contributed by atoms with E-state index in [1.807, 2.05) is 5.32 Å². The molecule has 1 saturated heterocycles. The first-order valence-electron chi connectivity index (χ1n) is 3.52. The van der Waals surface area contributed by atoms with Crippen LogP contribution in [0.15, 0.2) is 0 Å². The van der Waals surface area contributed by atoms with Gasteiger partial charge in [0.2, 0.25) is 5.72 Å². The Bertz CT molecular complexity index is 276. The third kappa shape index (κ3) is 1.94. The summed E-state index contributed by atoms with van der Waals surface area (Å²) in [5, 5.41) is 21.4. The van der Waals surface area contributed by atoms with E-state index in [9.17, 15) is 19.5 Å². The molecule has 0 spiro atoms. The smallest absolute Gasteiger partial charge is 0.324 e. The molecule has 0 radical (unpaired) electrons. The highest BCUT2D eigenvalue weighted by Gasteiger charge is 2.44. The number of hydrogen-bond donors (Lipinski definition) is 4. The molecule has 0 bridgehead atoms.